The Bertz CT molecular complexity index is 840. The largest absolute Gasteiger partial charge is 0.473 e. The summed E-state index contributed by atoms with van der Waals surface area (Å²) in [6, 6.07) is 8.13. The number of rotatable bonds is 3. The topological polar surface area (TPSA) is 64.0 Å². The number of aromatic nitrogens is 4. The minimum absolute atomic E-state index is 0.172. The van der Waals surface area contributed by atoms with Crippen molar-refractivity contribution in [1.29, 1.82) is 0 Å². The van der Waals surface area contributed by atoms with Crippen molar-refractivity contribution in [2.45, 2.75) is 25.9 Å². The van der Waals surface area contributed by atoms with Gasteiger partial charge in [0.15, 0.2) is 0 Å². The van der Waals surface area contributed by atoms with Gasteiger partial charge in [-0.05, 0) is 19.1 Å². The van der Waals surface area contributed by atoms with Crippen LogP contribution in [0.5, 0.6) is 5.88 Å². The lowest BCUT2D eigenvalue weighted by Gasteiger charge is -2.33. The standard InChI is InChI=1S/C18H19N5O/c1-13-10-19-11-17(22-13)24-14-6-8-23(9-7-14)18-15-4-2-3-5-16(15)20-12-21-18/h2-5,10-12,14H,6-9H2,1H3. The van der Waals surface area contributed by atoms with Crippen LogP contribution >= 0.6 is 0 Å². The van der Waals surface area contributed by atoms with E-state index < -0.39 is 0 Å². The van der Waals surface area contributed by atoms with E-state index >= 15 is 0 Å². The number of benzene rings is 1. The van der Waals surface area contributed by atoms with E-state index in [1.54, 1.807) is 18.7 Å². The molecule has 0 atom stereocenters. The van der Waals surface area contributed by atoms with Crippen LogP contribution in [0.4, 0.5) is 5.82 Å². The molecule has 1 aliphatic heterocycles. The molecule has 0 saturated carbocycles. The van der Waals surface area contributed by atoms with Gasteiger partial charge in [0.1, 0.15) is 18.2 Å². The Morgan fingerprint density at radius 2 is 1.92 bits per heavy atom. The van der Waals surface area contributed by atoms with E-state index in [4.69, 9.17) is 4.74 Å². The van der Waals surface area contributed by atoms with Crippen LogP contribution in [0.1, 0.15) is 18.5 Å². The molecule has 0 amide bonds. The zero-order valence-electron chi connectivity index (χ0n) is 13.6. The molecule has 6 heteroatoms. The molecule has 0 aliphatic carbocycles. The number of piperidine rings is 1. The average molecular weight is 321 g/mol. The summed E-state index contributed by atoms with van der Waals surface area (Å²) in [5, 5.41) is 1.10. The first kappa shape index (κ1) is 14.8. The SMILES string of the molecule is Cc1cncc(OC2CCN(c3ncnc4ccccc34)CC2)n1. The summed E-state index contributed by atoms with van der Waals surface area (Å²) in [5.74, 6) is 1.62. The van der Waals surface area contributed by atoms with Crippen LogP contribution in [-0.4, -0.2) is 39.1 Å². The predicted octanol–water partition coefficient (Wildman–Crippen LogP) is 2.78. The third-order valence-electron chi connectivity index (χ3n) is 4.28. The van der Waals surface area contributed by atoms with Crippen molar-refractivity contribution in [2.24, 2.45) is 0 Å². The Hall–Kier alpha value is -2.76. The van der Waals surface area contributed by atoms with E-state index in [-0.39, 0.29) is 6.10 Å². The van der Waals surface area contributed by atoms with Crippen molar-refractivity contribution < 1.29 is 4.74 Å². The molecule has 0 spiro atoms. The first-order valence-corrected chi connectivity index (χ1v) is 8.19. The lowest BCUT2D eigenvalue weighted by atomic mass is 10.1. The van der Waals surface area contributed by atoms with Crippen LogP contribution < -0.4 is 9.64 Å². The zero-order chi connectivity index (χ0) is 16.4. The van der Waals surface area contributed by atoms with E-state index in [0.717, 1.165) is 48.3 Å². The fourth-order valence-corrected chi connectivity index (χ4v) is 3.10. The molecule has 6 nitrogen and oxygen atoms in total. The summed E-state index contributed by atoms with van der Waals surface area (Å²) in [5.41, 5.74) is 1.85. The van der Waals surface area contributed by atoms with Gasteiger partial charge in [0.05, 0.1) is 17.4 Å². The highest BCUT2D eigenvalue weighted by Gasteiger charge is 2.23. The number of anilines is 1. The third-order valence-corrected chi connectivity index (χ3v) is 4.28. The molecule has 1 aromatic carbocycles. The summed E-state index contributed by atoms with van der Waals surface area (Å²) in [6.45, 7) is 3.73. The number of para-hydroxylation sites is 1. The number of hydrogen-bond donors (Lipinski definition) is 0. The van der Waals surface area contributed by atoms with Crippen LogP contribution in [0.25, 0.3) is 10.9 Å². The summed E-state index contributed by atoms with van der Waals surface area (Å²) >= 11 is 0. The predicted molar refractivity (Wildman–Crippen MR) is 92.2 cm³/mol. The molecule has 2 aromatic heterocycles. The number of fused-ring (bicyclic) bond motifs is 1. The first-order chi connectivity index (χ1) is 11.8. The smallest absolute Gasteiger partial charge is 0.232 e. The van der Waals surface area contributed by atoms with Crippen LogP contribution in [0, 0.1) is 6.92 Å². The van der Waals surface area contributed by atoms with Gasteiger partial charge in [-0.15, -0.1) is 0 Å². The van der Waals surface area contributed by atoms with Crippen molar-refractivity contribution in [3.63, 3.8) is 0 Å². The van der Waals surface area contributed by atoms with Crippen molar-refractivity contribution >= 4 is 16.7 Å². The normalized spacial score (nSPS) is 15.6. The number of nitrogens with zero attached hydrogens (tertiary/aromatic N) is 5. The maximum Gasteiger partial charge on any atom is 0.232 e. The molecule has 1 aliphatic rings. The summed E-state index contributed by atoms with van der Waals surface area (Å²) in [4.78, 5) is 19.7. The highest BCUT2D eigenvalue weighted by atomic mass is 16.5. The quantitative estimate of drug-likeness (QED) is 0.739. The van der Waals surface area contributed by atoms with Crippen LogP contribution in [-0.2, 0) is 0 Å². The van der Waals surface area contributed by atoms with Crippen molar-refractivity contribution in [3.05, 3.63) is 48.7 Å². The number of hydrogen-bond acceptors (Lipinski definition) is 6. The maximum atomic E-state index is 5.97. The molecular weight excluding hydrogens is 302 g/mol. The van der Waals surface area contributed by atoms with Gasteiger partial charge >= 0.3 is 0 Å². The minimum Gasteiger partial charge on any atom is -0.473 e. The van der Waals surface area contributed by atoms with E-state index in [1.807, 2.05) is 25.1 Å². The average Bonchev–Trinajstić information content (AvgIpc) is 2.62. The first-order valence-electron chi connectivity index (χ1n) is 8.19. The zero-order valence-corrected chi connectivity index (χ0v) is 13.6. The Labute approximate surface area is 140 Å². The van der Waals surface area contributed by atoms with E-state index in [9.17, 15) is 0 Å². The fraction of sp³-hybridized carbons (Fsp3) is 0.333. The lowest BCUT2D eigenvalue weighted by molar-refractivity contribution is 0.163. The Morgan fingerprint density at radius 1 is 1.08 bits per heavy atom. The summed E-state index contributed by atoms with van der Waals surface area (Å²) in [6.07, 6.45) is 7.10. The Balaban J connectivity index is 1.46. The van der Waals surface area contributed by atoms with Gasteiger partial charge in [-0.25, -0.2) is 15.0 Å². The second kappa shape index (κ2) is 6.39. The van der Waals surface area contributed by atoms with Crippen molar-refractivity contribution in [1.82, 2.24) is 19.9 Å². The molecule has 3 heterocycles. The molecule has 4 rings (SSSR count). The van der Waals surface area contributed by atoms with Gasteiger partial charge in [0, 0.05) is 37.5 Å². The molecule has 1 fully saturated rings. The van der Waals surface area contributed by atoms with Gasteiger partial charge in [0.25, 0.3) is 0 Å². The van der Waals surface area contributed by atoms with Gasteiger partial charge < -0.3 is 9.64 Å². The third kappa shape index (κ3) is 2.99. The number of aryl methyl sites for hydroxylation is 1. The molecule has 0 N–H and O–H groups in total. The molecule has 0 bridgehead atoms. The fourth-order valence-electron chi connectivity index (χ4n) is 3.10. The van der Waals surface area contributed by atoms with Crippen molar-refractivity contribution in [3.8, 4) is 5.88 Å². The molecule has 0 radical (unpaired) electrons. The van der Waals surface area contributed by atoms with Gasteiger partial charge in [-0.1, -0.05) is 12.1 Å². The number of ether oxygens (including phenoxy) is 1. The highest BCUT2D eigenvalue weighted by Crippen LogP contribution is 2.26. The second-order valence-corrected chi connectivity index (χ2v) is 6.02. The van der Waals surface area contributed by atoms with E-state index in [2.05, 4.69) is 30.9 Å². The Kier molecular flexibility index (Phi) is 3.94. The van der Waals surface area contributed by atoms with Gasteiger partial charge in [-0.2, -0.15) is 0 Å². The summed E-state index contributed by atoms with van der Waals surface area (Å²) in [7, 11) is 0. The molecule has 24 heavy (non-hydrogen) atoms. The van der Waals surface area contributed by atoms with Crippen molar-refractivity contribution in [2.75, 3.05) is 18.0 Å². The molecule has 122 valence electrons. The summed E-state index contributed by atoms with van der Waals surface area (Å²) < 4.78 is 5.97. The lowest BCUT2D eigenvalue weighted by Crippen LogP contribution is -2.39. The molecule has 3 aromatic rings. The van der Waals surface area contributed by atoms with Crippen LogP contribution in [0.3, 0.4) is 0 Å². The minimum atomic E-state index is 0.172. The molecule has 1 saturated heterocycles. The molecular formula is C18H19N5O. The Morgan fingerprint density at radius 3 is 2.75 bits per heavy atom. The second-order valence-electron chi connectivity index (χ2n) is 6.02. The maximum absolute atomic E-state index is 5.97. The van der Waals surface area contributed by atoms with Crippen LogP contribution in [0.2, 0.25) is 0 Å². The van der Waals surface area contributed by atoms with Crippen LogP contribution in [0.15, 0.2) is 43.0 Å². The monoisotopic (exact) mass is 321 g/mol. The van der Waals surface area contributed by atoms with Gasteiger partial charge in [0.2, 0.25) is 5.88 Å². The van der Waals surface area contributed by atoms with Gasteiger partial charge in [-0.3, -0.25) is 4.98 Å². The highest BCUT2D eigenvalue weighted by molar-refractivity contribution is 5.89. The van der Waals surface area contributed by atoms with E-state index in [0.29, 0.717) is 5.88 Å². The molecule has 0 unspecified atom stereocenters. The van der Waals surface area contributed by atoms with E-state index in [1.165, 1.54) is 0 Å².